The van der Waals surface area contributed by atoms with Crippen molar-refractivity contribution in [2.24, 2.45) is 0 Å². The molecule has 10 heterocycles. The monoisotopic (exact) mass is 1260 g/mol. The van der Waals surface area contributed by atoms with E-state index in [1.807, 2.05) is 78.9 Å². The van der Waals surface area contributed by atoms with Gasteiger partial charge in [-0.15, -0.1) is 46.8 Å². The number of fused-ring (bicyclic) bond motifs is 25. The van der Waals surface area contributed by atoms with Gasteiger partial charge in [-0.25, -0.2) is 14.5 Å². The third-order valence-corrected chi connectivity index (χ3v) is 19.7. The molecule has 0 aliphatic carbocycles. The molecule has 15 nitrogen and oxygen atoms in total. The van der Waals surface area contributed by atoms with Gasteiger partial charge in [0, 0.05) is 16.7 Å². The molecule has 0 saturated heterocycles. The number of aromatic nitrogens is 10. The van der Waals surface area contributed by atoms with Crippen molar-refractivity contribution in [2.45, 2.75) is 81.2 Å². The summed E-state index contributed by atoms with van der Waals surface area (Å²) in [7, 11) is 0. The van der Waals surface area contributed by atoms with Gasteiger partial charge in [-0.1, -0.05) is 90.5 Å². The molecule has 0 amide bonds. The average molecular weight is 1260 g/mol. The van der Waals surface area contributed by atoms with Crippen molar-refractivity contribution in [3.05, 3.63) is 313 Å². The molecule has 0 atom stereocenters. The molecule has 5 aromatic heterocycles. The maximum absolute atomic E-state index is 9.29. The Morgan fingerprint density at radius 2 is 0.804 bits per heavy atom. The van der Waals surface area contributed by atoms with Crippen molar-refractivity contribution in [1.82, 2.24) is 23.4 Å². The molecule has 5 aliphatic rings. The van der Waals surface area contributed by atoms with Gasteiger partial charge in [0.2, 0.25) is 31.0 Å². The number of nitrogens with zero attached hydrogens (tertiary/aromatic N) is 15. The number of benzene rings is 10. The summed E-state index contributed by atoms with van der Waals surface area (Å²) in [4.78, 5) is 10.5. The molecule has 0 radical (unpaired) electrons. The summed E-state index contributed by atoms with van der Waals surface area (Å²) in [6, 6.07) is 62.2. The van der Waals surface area contributed by atoms with Crippen LogP contribution in [0.25, 0.3) is 97.5 Å². The van der Waals surface area contributed by atoms with E-state index in [1.165, 1.54) is 95.2 Å². The van der Waals surface area contributed by atoms with Crippen molar-refractivity contribution >= 4 is 71.6 Å². The molecule has 0 saturated carbocycles. The van der Waals surface area contributed by atoms with E-state index in [4.69, 9.17) is 19.7 Å². The third-order valence-electron chi connectivity index (χ3n) is 19.7. The largest absolute Gasteiger partial charge is 0.238 e. The highest BCUT2D eigenvalue weighted by Gasteiger charge is 2.35. The first kappa shape index (κ1) is 59.0. The van der Waals surface area contributed by atoms with Gasteiger partial charge in [0.05, 0.1) is 68.9 Å². The van der Waals surface area contributed by atoms with Crippen LogP contribution < -0.4 is 23.4 Å². The van der Waals surface area contributed by atoms with E-state index in [-0.39, 0.29) is 0 Å². The lowest BCUT2D eigenvalue weighted by Crippen LogP contribution is -2.36. The molecule has 0 fully saturated rings. The van der Waals surface area contributed by atoms with Crippen LogP contribution in [0.3, 0.4) is 0 Å². The normalized spacial score (nSPS) is 12.2. The molecular formula is C82H64N15+5. The maximum atomic E-state index is 9.29. The summed E-state index contributed by atoms with van der Waals surface area (Å²) in [5, 5.41) is 24.0. The second kappa shape index (κ2) is 22.9. The molecule has 15 aromatic rings. The second-order valence-corrected chi connectivity index (χ2v) is 25.8. The molecule has 5 aliphatic heterocycles. The Morgan fingerprint density at radius 1 is 0.351 bits per heavy atom. The Labute approximate surface area is 560 Å². The summed E-state index contributed by atoms with van der Waals surface area (Å²) in [6.45, 7) is 40.8. The third kappa shape index (κ3) is 9.61. The molecule has 0 N–H and O–H groups in total. The van der Waals surface area contributed by atoms with Gasteiger partial charge in [0.15, 0.2) is 49.8 Å². The molecule has 20 rings (SSSR count). The summed E-state index contributed by atoms with van der Waals surface area (Å²) in [5.41, 5.74) is 31.6. The van der Waals surface area contributed by atoms with Crippen LogP contribution in [-0.4, -0.2) is 23.4 Å². The minimum absolute atomic E-state index is 0.695. The highest BCUT2D eigenvalue weighted by molar-refractivity contribution is 5.88. The lowest BCUT2D eigenvalue weighted by Gasteiger charge is -2.08. The Morgan fingerprint density at radius 3 is 1.35 bits per heavy atom. The summed E-state index contributed by atoms with van der Waals surface area (Å²) in [5.74, 6) is 0. The van der Waals surface area contributed by atoms with Crippen LogP contribution in [0.1, 0.15) is 77.9 Å². The Kier molecular flexibility index (Phi) is 14.0. The van der Waals surface area contributed by atoms with Gasteiger partial charge in [-0.2, -0.15) is 10.5 Å². The molecule has 15 heteroatoms. The first-order valence-electron chi connectivity index (χ1n) is 32.4. The summed E-state index contributed by atoms with van der Waals surface area (Å²) < 4.78 is 22.2. The quantitative estimate of drug-likeness (QED) is 0.111. The number of para-hydroxylation sites is 1. The Bertz CT molecular complexity index is 6160. The van der Waals surface area contributed by atoms with Crippen molar-refractivity contribution in [3.63, 3.8) is 0 Å². The average Bonchev–Trinajstić information content (AvgIpc) is 1.62. The van der Waals surface area contributed by atoms with Crippen molar-refractivity contribution < 1.29 is 23.4 Å². The molecule has 97 heavy (non-hydrogen) atoms. The number of aryl methyl sites for hydroxylation is 6. The topological polar surface area (TPSA) is 105 Å². The van der Waals surface area contributed by atoms with Crippen LogP contribution >= 0.6 is 0 Å². The first-order valence-corrected chi connectivity index (χ1v) is 32.4. The van der Waals surface area contributed by atoms with Crippen LogP contribution in [0.2, 0.25) is 0 Å². The Hall–Kier alpha value is -13.0. The van der Waals surface area contributed by atoms with E-state index in [0.29, 0.717) is 17.1 Å². The van der Waals surface area contributed by atoms with Crippen LogP contribution in [0.5, 0.6) is 0 Å². The van der Waals surface area contributed by atoms with Gasteiger partial charge in [0.1, 0.15) is 68.2 Å². The van der Waals surface area contributed by atoms with Crippen LogP contribution in [0.4, 0.5) is 17.1 Å². The van der Waals surface area contributed by atoms with Gasteiger partial charge in [-0.05, 0) is 167 Å². The lowest BCUT2D eigenvalue weighted by atomic mass is 9.98. The Balaban J connectivity index is 0.0000000952. The highest BCUT2D eigenvalue weighted by atomic mass is 15.4. The van der Waals surface area contributed by atoms with Gasteiger partial charge in [0.25, 0.3) is 0 Å². The predicted octanol–water partition coefficient (Wildman–Crippen LogP) is 15.0. The predicted molar refractivity (Wildman–Crippen MR) is 374 cm³/mol. The fourth-order valence-corrected chi connectivity index (χ4v) is 15.1. The van der Waals surface area contributed by atoms with Crippen molar-refractivity contribution in [1.29, 1.82) is 10.5 Å². The zero-order valence-electron chi connectivity index (χ0n) is 54.8. The number of rotatable bonds is 0. The van der Waals surface area contributed by atoms with Gasteiger partial charge >= 0.3 is 0 Å². The number of hydrogen-bond acceptors (Lipinski definition) is 2. The molecule has 10 aromatic carbocycles. The van der Waals surface area contributed by atoms with E-state index < -0.39 is 0 Å². The van der Waals surface area contributed by atoms with Gasteiger partial charge in [-0.3, -0.25) is 0 Å². The minimum atomic E-state index is 0.695. The van der Waals surface area contributed by atoms with Crippen LogP contribution in [0.15, 0.2) is 201 Å². The highest BCUT2D eigenvalue weighted by Crippen LogP contribution is 2.36. The number of hydrogen-bond donors (Lipinski definition) is 0. The standard InChI is InChI=1S/C18H16N3.C17H14N3.2C16H12N3.C15H10N3/c1-11-7-12(2)18-15(13(11)3)9-20-10-16-14(8-19)5-4-6-17(16)21(18)20;1-11-6-7-12(2)17-14(11)9-19-10-15-13(8-18)4-3-5-16(15)20(17)19;1-11-3-5-15-12(7-11)9-18-10-13-8-14(17-2)4-6-16(13)19(15)18;1-11-3-4-12-9-18-10-13-8-14(17-2)5-6-15(13)19(18)16(12)7-11;1-16-13-6-7-15-12(8-13)10-17-9-11-4-2-3-5-14(11)18(15)17/h4-7,10H,9H2,1-3H3;3-7,10H,9H2,1-2H3;2*3-8,10H,9H2,1H3;2-8,10H,9H2/q5*+1. The fourth-order valence-electron chi connectivity index (χ4n) is 15.1. The maximum Gasteiger partial charge on any atom is 0.205 e. The minimum Gasteiger partial charge on any atom is -0.238 e. The molecule has 462 valence electrons. The summed E-state index contributed by atoms with van der Waals surface area (Å²) >= 11 is 0. The molecule has 0 bridgehead atoms. The van der Waals surface area contributed by atoms with Crippen LogP contribution in [0, 0.1) is 90.8 Å². The zero-order chi connectivity index (χ0) is 66.7. The molecular weight excluding hydrogens is 1200 g/mol. The fraction of sp³-hybridized carbons (Fsp3) is 0.146. The van der Waals surface area contributed by atoms with Gasteiger partial charge < -0.3 is 0 Å². The van der Waals surface area contributed by atoms with E-state index in [2.05, 4.69) is 244 Å². The SMILES string of the molecule is Cc1cc(C)c2c(c1C)C[n+]1cc3c(C#N)cccc3n1-2.Cc1ccc(C)c2c1C[n+]1cc3c(C#N)cccc3n1-2.[C-]#[N+]c1ccc2c(c1)c[n+]1n2-c2cc(C)ccc2C1.[C-]#[N+]c1ccc2c(c1)c[n+]1n2-c2ccc(C)cc2C1.[C-]#[N+]c1ccc2c(c1)c[n+]1n2-c2ccccc2C1. The van der Waals surface area contributed by atoms with E-state index in [0.717, 1.165) is 98.4 Å². The molecule has 0 spiro atoms. The number of nitriles is 2. The smallest absolute Gasteiger partial charge is 0.205 e. The van der Waals surface area contributed by atoms with E-state index in [1.54, 1.807) is 0 Å². The summed E-state index contributed by atoms with van der Waals surface area (Å²) in [6.07, 6.45) is 10.6. The van der Waals surface area contributed by atoms with E-state index >= 15 is 0 Å². The van der Waals surface area contributed by atoms with Crippen molar-refractivity contribution in [3.8, 4) is 40.6 Å². The molecule has 0 unspecified atom stereocenters. The first-order chi connectivity index (χ1) is 47.2. The lowest BCUT2D eigenvalue weighted by molar-refractivity contribution is -0.749. The zero-order valence-corrected chi connectivity index (χ0v) is 54.8. The van der Waals surface area contributed by atoms with Crippen LogP contribution in [-0.2, 0) is 32.7 Å². The van der Waals surface area contributed by atoms with Crippen molar-refractivity contribution in [2.75, 3.05) is 0 Å². The van der Waals surface area contributed by atoms with E-state index in [9.17, 15) is 10.5 Å². The second-order valence-electron chi connectivity index (χ2n) is 25.8.